The van der Waals surface area contributed by atoms with E-state index in [0.29, 0.717) is 23.9 Å². The molecule has 9 heteroatoms. The highest BCUT2D eigenvalue weighted by Crippen LogP contribution is 2.38. The van der Waals surface area contributed by atoms with Crippen molar-refractivity contribution in [2.24, 2.45) is 0 Å². The maximum Gasteiger partial charge on any atom is 0.268 e. The summed E-state index contributed by atoms with van der Waals surface area (Å²) < 4.78 is 23.6. The minimum absolute atomic E-state index is 0.0171. The number of hydrogen-bond acceptors (Lipinski definition) is 6. The summed E-state index contributed by atoms with van der Waals surface area (Å²) in [6, 6.07) is -0.797. The van der Waals surface area contributed by atoms with Crippen LogP contribution in [0.5, 0.6) is 0 Å². The van der Waals surface area contributed by atoms with Gasteiger partial charge in [0, 0.05) is 6.42 Å². The number of carbonyl (C=O) groups is 1. The zero-order valence-corrected chi connectivity index (χ0v) is 58.8. The summed E-state index contributed by atoms with van der Waals surface area (Å²) in [6.45, 7) is 4.81. The number of phosphoric ester groups is 1. The second-order valence-electron chi connectivity index (χ2n) is 28.1. The average molecular weight is 1210 g/mol. The van der Waals surface area contributed by atoms with Gasteiger partial charge in [0.2, 0.25) is 5.91 Å². The zero-order valence-electron chi connectivity index (χ0n) is 57.9. The molecule has 0 heterocycles. The molecule has 0 aliphatic carbocycles. The molecule has 0 aromatic heterocycles. The van der Waals surface area contributed by atoms with Gasteiger partial charge in [-0.2, -0.15) is 0 Å². The molecule has 1 amide bonds. The number of nitrogens with zero attached hydrogens (tertiary/aromatic N) is 1. The second kappa shape index (κ2) is 66.9. The number of hydrogen-bond donors (Lipinski definition) is 2. The molecule has 0 fully saturated rings. The molecule has 0 saturated carbocycles. The molecule has 84 heavy (non-hydrogen) atoms. The lowest BCUT2D eigenvalue weighted by atomic mass is 10.0. The normalized spacial score (nSPS) is 13.5. The molecule has 2 N–H and O–H groups in total. The Morgan fingerprint density at radius 2 is 0.583 bits per heavy atom. The van der Waals surface area contributed by atoms with E-state index >= 15 is 0 Å². The van der Waals surface area contributed by atoms with Gasteiger partial charge in [0.05, 0.1) is 39.9 Å². The van der Waals surface area contributed by atoms with E-state index in [-0.39, 0.29) is 19.1 Å². The van der Waals surface area contributed by atoms with Gasteiger partial charge in [-0.25, -0.2) is 0 Å². The second-order valence-corrected chi connectivity index (χ2v) is 29.5. The first-order valence-electron chi connectivity index (χ1n) is 38.4. The van der Waals surface area contributed by atoms with E-state index in [9.17, 15) is 19.4 Å². The standard InChI is InChI=1S/C75H153N2O6P/c1-6-8-10-12-14-16-18-20-22-24-26-28-30-32-34-35-36-37-38-39-40-41-42-43-45-47-49-51-53-55-57-59-61-63-65-67-69-75(79)76-73(72-83-84(80,81)82-71-70-77(3,4)5)74(78)68-66-64-62-60-58-56-54-52-50-48-46-44-33-31-29-27-25-23-21-19-17-15-13-11-9-7-2/h73-74,78H,6-72H2,1-5H3,(H-,76,79,80,81). The topological polar surface area (TPSA) is 108 Å². The van der Waals surface area contributed by atoms with Crippen LogP contribution in [0.4, 0.5) is 0 Å². The van der Waals surface area contributed by atoms with Crippen LogP contribution in [-0.4, -0.2) is 68.5 Å². The number of quaternary nitrogens is 1. The molecule has 0 aromatic carbocycles. The fourth-order valence-corrected chi connectivity index (χ4v) is 13.1. The molecule has 0 aliphatic rings. The summed E-state index contributed by atoms with van der Waals surface area (Å²) in [5.41, 5.74) is 0. The highest BCUT2D eigenvalue weighted by atomic mass is 31.2. The van der Waals surface area contributed by atoms with E-state index in [2.05, 4.69) is 19.2 Å². The van der Waals surface area contributed by atoms with E-state index in [1.807, 2.05) is 21.1 Å². The maximum absolute atomic E-state index is 13.1. The molecule has 3 unspecified atom stereocenters. The molecule has 0 aromatic rings. The summed E-state index contributed by atoms with van der Waals surface area (Å²) in [5, 5.41) is 14.1. The van der Waals surface area contributed by atoms with Crippen LogP contribution in [0.3, 0.4) is 0 Å². The summed E-state index contributed by atoms with van der Waals surface area (Å²) in [6.07, 6.45) is 85.0. The third kappa shape index (κ3) is 69.0. The largest absolute Gasteiger partial charge is 0.756 e. The smallest absolute Gasteiger partial charge is 0.268 e. The van der Waals surface area contributed by atoms with Gasteiger partial charge in [0.1, 0.15) is 13.2 Å². The van der Waals surface area contributed by atoms with Crippen LogP contribution in [0.1, 0.15) is 425 Å². The van der Waals surface area contributed by atoms with Gasteiger partial charge in [-0.15, -0.1) is 0 Å². The van der Waals surface area contributed by atoms with E-state index in [4.69, 9.17) is 9.05 Å². The van der Waals surface area contributed by atoms with Crippen molar-refractivity contribution in [1.29, 1.82) is 0 Å². The molecule has 0 rings (SSSR count). The van der Waals surface area contributed by atoms with Crippen molar-refractivity contribution >= 4 is 13.7 Å². The third-order valence-corrected chi connectivity index (χ3v) is 19.3. The Hall–Kier alpha value is -0.500. The van der Waals surface area contributed by atoms with Crippen LogP contribution in [0, 0.1) is 0 Å². The number of rotatable bonds is 73. The number of phosphoric acid groups is 1. The monoisotopic (exact) mass is 1210 g/mol. The van der Waals surface area contributed by atoms with Crippen molar-refractivity contribution in [3.05, 3.63) is 0 Å². The SMILES string of the molecule is CCCCCCCCCCCCCCCCCCCCCCCCCCCCCCCCCCCCCCC(=O)NC(COP(=O)([O-])OCC[N+](C)(C)C)C(O)CCCCCCCCCCCCCCCCCCCCCCCCCCCC. The van der Waals surface area contributed by atoms with Crippen LogP contribution < -0.4 is 10.2 Å². The molecule has 0 bridgehead atoms. The third-order valence-electron chi connectivity index (χ3n) is 18.3. The van der Waals surface area contributed by atoms with Crippen LogP contribution in [0.2, 0.25) is 0 Å². The minimum atomic E-state index is -4.58. The van der Waals surface area contributed by atoms with Crippen molar-refractivity contribution in [2.45, 2.75) is 437 Å². The molecular weight excluding hydrogens is 1060 g/mol. The quantitative estimate of drug-likeness (QED) is 0.0357. The van der Waals surface area contributed by atoms with E-state index in [1.165, 1.54) is 360 Å². The fraction of sp³-hybridized carbons (Fsp3) is 0.987. The molecule has 0 radical (unpaired) electrons. The van der Waals surface area contributed by atoms with Crippen molar-refractivity contribution < 1.29 is 32.9 Å². The van der Waals surface area contributed by atoms with Gasteiger partial charge >= 0.3 is 0 Å². The Morgan fingerprint density at radius 1 is 0.369 bits per heavy atom. The maximum atomic E-state index is 13.1. The highest BCUT2D eigenvalue weighted by molar-refractivity contribution is 7.45. The lowest BCUT2D eigenvalue weighted by Crippen LogP contribution is -2.46. The van der Waals surface area contributed by atoms with Gasteiger partial charge < -0.3 is 28.8 Å². The Bertz CT molecular complexity index is 1330. The Morgan fingerprint density at radius 3 is 0.810 bits per heavy atom. The average Bonchev–Trinajstić information content (AvgIpc) is 3.56. The Kier molecular flexibility index (Phi) is 66.5. The van der Waals surface area contributed by atoms with Crippen molar-refractivity contribution in [3.8, 4) is 0 Å². The molecule has 504 valence electrons. The number of amides is 1. The Labute approximate surface area is 527 Å². The van der Waals surface area contributed by atoms with Crippen molar-refractivity contribution in [3.63, 3.8) is 0 Å². The molecule has 0 spiro atoms. The van der Waals surface area contributed by atoms with Gasteiger partial charge in [0.25, 0.3) is 7.82 Å². The number of unbranched alkanes of at least 4 members (excludes halogenated alkanes) is 60. The lowest BCUT2D eigenvalue weighted by molar-refractivity contribution is -0.870. The number of aliphatic hydroxyl groups excluding tert-OH is 1. The van der Waals surface area contributed by atoms with Crippen LogP contribution in [-0.2, 0) is 18.4 Å². The van der Waals surface area contributed by atoms with Gasteiger partial charge in [0.15, 0.2) is 0 Å². The first kappa shape index (κ1) is 83.5. The lowest BCUT2D eigenvalue weighted by Gasteiger charge is -2.30. The summed E-state index contributed by atoms with van der Waals surface area (Å²) >= 11 is 0. The predicted octanol–water partition coefficient (Wildman–Crippen LogP) is 24.0. The first-order valence-corrected chi connectivity index (χ1v) is 39.8. The molecule has 3 atom stereocenters. The number of likely N-dealkylation sites (N-methyl/N-ethyl adjacent to an activating group) is 1. The summed E-state index contributed by atoms with van der Waals surface area (Å²) in [5.74, 6) is -0.152. The molecule has 0 aliphatic heterocycles. The predicted molar refractivity (Wildman–Crippen MR) is 367 cm³/mol. The van der Waals surface area contributed by atoms with E-state index < -0.39 is 20.0 Å². The van der Waals surface area contributed by atoms with Crippen molar-refractivity contribution in [1.82, 2.24) is 5.32 Å². The van der Waals surface area contributed by atoms with Gasteiger partial charge in [-0.1, -0.05) is 406 Å². The molecule has 0 saturated heterocycles. The van der Waals surface area contributed by atoms with Gasteiger partial charge in [-0.3, -0.25) is 9.36 Å². The van der Waals surface area contributed by atoms with E-state index in [0.717, 1.165) is 38.5 Å². The zero-order chi connectivity index (χ0) is 61.2. The first-order chi connectivity index (χ1) is 41.0. The molecule has 8 nitrogen and oxygen atoms in total. The molecular formula is C75H153N2O6P. The number of nitrogens with one attached hydrogen (secondary N) is 1. The highest BCUT2D eigenvalue weighted by Gasteiger charge is 2.24. The summed E-state index contributed by atoms with van der Waals surface area (Å²) in [7, 11) is 1.33. The summed E-state index contributed by atoms with van der Waals surface area (Å²) in [4.78, 5) is 25.7. The van der Waals surface area contributed by atoms with E-state index in [1.54, 1.807) is 0 Å². The van der Waals surface area contributed by atoms with Crippen LogP contribution in [0.15, 0.2) is 0 Å². The Balaban J connectivity index is 3.90. The fourth-order valence-electron chi connectivity index (χ4n) is 12.4. The van der Waals surface area contributed by atoms with Gasteiger partial charge in [-0.05, 0) is 12.8 Å². The minimum Gasteiger partial charge on any atom is -0.756 e. The van der Waals surface area contributed by atoms with Crippen LogP contribution in [0.25, 0.3) is 0 Å². The van der Waals surface area contributed by atoms with Crippen LogP contribution >= 0.6 is 7.82 Å². The van der Waals surface area contributed by atoms with Crippen molar-refractivity contribution in [2.75, 3.05) is 40.9 Å². The number of carbonyl (C=O) groups excluding carboxylic acids is 1. The number of aliphatic hydroxyl groups is 1.